The smallest absolute Gasteiger partial charge is 0.260 e. The molecule has 0 atom stereocenters. The van der Waals surface area contributed by atoms with Crippen molar-refractivity contribution in [1.29, 1.82) is 0 Å². The van der Waals surface area contributed by atoms with E-state index in [0.29, 0.717) is 18.7 Å². The molecule has 104 valence electrons. The third kappa shape index (κ3) is 3.54. The van der Waals surface area contributed by atoms with E-state index in [4.69, 9.17) is 0 Å². The maximum atomic E-state index is 12.7. The van der Waals surface area contributed by atoms with Crippen molar-refractivity contribution < 1.29 is 9.18 Å². The van der Waals surface area contributed by atoms with E-state index < -0.39 is 11.5 Å². The van der Waals surface area contributed by atoms with Crippen LogP contribution in [0.15, 0.2) is 41.2 Å². The van der Waals surface area contributed by atoms with E-state index >= 15 is 0 Å². The Morgan fingerprint density at radius 2 is 1.90 bits per heavy atom. The minimum Gasteiger partial charge on any atom is -0.352 e. The lowest BCUT2D eigenvalue weighted by molar-refractivity contribution is 0.0952. The van der Waals surface area contributed by atoms with Crippen LogP contribution >= 0.6 is 0 Å². The van der Waals surface area contributed by atoms with Gasteiger partial charge in [0.25, 0.3) is 11.5 Å². The van der Waals surface area contributed by atoms with Crippen molar-refractivity contribution >= 4 is 5.91 Å². The van der Waals surface area contributed by atoms with Crippen LogP contribution in [0.1, 0.15) is 21.6 Å². The van der Waals surface area contributed by atoms with E-state index in [-0.39, 0.29) is 11.4 Å². The highest BCUT2D eigenvalue weighted by molar-refractivity contribution is 5.93. The van der Waals surface area contributed by atoms with Crippen molar-refractivity contribution in [2.45, 2.75) is 13.3 Å². The minimum absolute atomic E-state index is 0.0923. The van der Waals surface area contributed by atoms with Gasteiger partial charge in [-0.1, -0.05) is 12.1 Å². The van der Waals surface area contributed by atoms with Crippen molar-refractivity contribution in [3.63, 3.8) is 0 Å². The Morgan fingerprint density at radius 1 is 1.20 bits per heavy atom. The van der Waals surface area contributed by atoms with Crippen LogP contribution < -0.4 is 10.9 Å². The number of H-pyrrole nitrogens is 1. The molecule has 0 bridgehead atoms. The summed E-state index contributed by atoms with van der Waals surface area (Å²) in [5.41, 5.74) is 1.32. The second-order valence-electron chi connectivity index (χ2n) is 4.52. The standard InChI is InChI=1S/C15H15FN2O2/c1-10-2-7-13(15(20)18-10)14(19)17-9-8-11-3-5-12(16)6-4-11/h2-7H,8-9H2,1H3,(H,17,19)(H,18,20). The third-order valence-electron chi connectivity index (χ3n) is 2.91. The summed E-state index contributed by atoms with van der Waals surface area (Å²) >= 11 is 0. The fraction of sp³-hybridized carbons (Fsp3) is 0.200. The summed E-state index contributed by atoms with van der Waals surface area (Å²) in [6, 6.07) is 9.27. The van der Waals surface area contributed by atoms with Gasteiger partial charge in [0, 0.05) is 12.2 Å². The summed E-state index contributed by atoms with van der Waals surface area (Å²) in [5.74, 6) is -0.697. The molecule has 0 unspecified atom stereocenters. The van der Waals surface area contributed by atoms with Gasteiger partial charge in [0.2, 0.25) is 0 Å². The number of halogens is 1. The summed E-state index contributed by atoms with van der Waals surface area (Å²) in [7, 11) is 0. The Hall–Kier alpha value is -2.43. The summed E-state index contributed by atoms with van der Waals surface area (Å²) in [4.78, 5) is 26.0. The number of amides is 1. The first-order valence-corrected chi connectivity index (χ1v) is 6.29. The molecule has 1 aromatic carbocycles. The molecule has 1 aromatic heterocycles. The molecule has 0 fully saturated rings. The molecule has 0 saturated carbocycles. The fourth-order valence-electron chi connectivity index (χ4n) is 1.82. The highest BCUT2D eigenvalue weighted by Crippen LogP contribution is 2.03. The fourth-order valence-corrected chi connectivity index (χ4v) is 1.82. The molecule has 0 aliphatic heterocycles. The first-order valence-electron chi connectivity index (χ1n) is 6.29. The number of aromatic nitrogens is 1. The summed E-state index contributed by atoms with van der Waals surface area (Å²) < 4.78 is 12.7. The van der Waals surface area contributed by atoms with Crippen LogP contribution in [0.25, 0.3) is 0 Å². The molecule has 20 heavy (non-hydrogen) atoms. The molecule has 1 amide bonds. The molecular weight excluding hydrogens is 259 g/mol. The van der Waals surface area contributed by atoms with Gasteiger partial charge < -0.3 is 10.3 Å². The summed E-state index contributed by atoms with van der Waals surface area (Å²) in [6.07, 6.45) is 0.579. The predicted molar refractivity (Wildman–Crippen MR) is 74.2 cm³/mol. The van der Waals surface area contributed by atoms with Gasteiger partial charge in [0.15, 0.2) is 0 Å². The quantitative estimate of drug-likeness (QED) is 0.893. The van der Waals surface area contributed by atoms with Gasteiger partial charge >= 0.3 is 0 Å². The third-order valence-corrected chi connectivity index (χ3v) is 2.91. The molecule has 0 aliphatic carbocycles. The van der Waals surface area contributed by atoms with E-state index in [2.05, 4.69) is 10.3 Å². The first kappa shape index (κ1) is 14.0. The second kappa shape index (κ2) is 6.14. The van der Waals surface area contributed by atoms with Crippen molar-refractivity contribution in [1.82, 2.24) is 10.3 Å². The molecule has 0 saturated heterocycles. The van der Waals surface area contributed by atoms with Crippen LogP contribution in [0.5, 0.6) is 0 Å². The van der Waals surface area contributed by atoms with Gasteiger partial charge in [-0.3, -0.25) is 9.59 Å². The molecular formula is C15H15FN2O2. The lowest BCUT2D eigenvalue weighted by atomic mass is 10.1. The van der Waals surface area contributed by atoms with Crippen molar-refractivity contribution in [3.8, 4) is 0 Å². The number of rotatable bonds is 4. The van der Waals surface area contributed by atoms with Gasteiger partial charge in [-0.05, 0) is 43.2 Å². The number of pyridine rings is 1. The molecule has 0 spiro atoms. The monoisotopic (exact) mass is 274 g/mol. The Morgan fingerprint density at radius 3 is 2.55 bits per heavy atom. The number of hydrogen-bond donors (Lipinski definition) is 2. The molecule has 2 N–H and O–H groups in total. The van der Waals surface area contributed by atoms with Gasteiger partial charge in [-0.15, -0.1) is 0 Å². The van der Waals surface area contributed by atoms with E-state index in [1.807, 2.05) is 0 Å². The molecule has 2 rings (SSSR count). The van der Waals surface area contributed by atoms with Crippen LogP contribution in [0.4, 0.5) is 4.39 Å². The normalized spacial score (nSPS) is 10.3. The Balaban J connectivity index is 1.92. The zero-order valence-corrected chi connectivity index (χ0v) is 11.1. The largest absolute Gasteiger partial charge is 0.352 e. The SMILES string of the molecule is Cc1ccc(C(=O)NCCc2ccc(F)cc2)c(=O)[nH]1. The number of carbonyl (C=O) groups excluding carboxylic acids is 1. The Labute approximate surface area is 115 Å². The Kier molecular flexibility index (Phi) is 4.30. The topological polar surface area (TPSA) is 62.0 Å². The summed E-state index contributed by atoms with van der Waals surface area (Å²) in [6.45, 7) is 2.13. The van der Waals surface area contributed by atoms with Crippen molar-refractivity contribution in [2.75, 3.05) is 6.54 Å². The molecule has 0 radical (unpaired) electrons. The maximum Gasteiger partial charge on any atom is 0.260 e. The van der Waals surface area contributed by atoms with Gasteiger partial charge in [0.05, 0.1) is 0 Å². The maximum absolute atomic E-state index is 12.7. The average Bonchev–Trinajstić information content (AvgIpc) is 2.41. The molecule has 4 nitrogen and oxygen atoms in total. The van der Waals surface area contributed by atoms with Gasteiger partial charge in [-0.25, -0.2) is 4.39 Å². The first-order chi connectivity index (χ1) is 9.56. The molecule has 0 aliphatic rings. The highest BCUT2D eigenvalue weighted by atomic mass is 19.1. The van der Waals surface area contributed by atoms with E-state index in [9.17, 15) is 14.0 Å². The number of hydrogen-bond acceptors (Lipinski definition) is 2. The minimum atomic E-state index is -0.409. The molecule has 2 aromatic rings. The molecule has 1 heterocycles. The lowest BCUT2D eigenvalue weighted by Crippen LogP contribution is -2.31. The molecule has 5 heteroatoms. The average molecular weight is 274 g/mol. The number of benzene rings is 1. The number of aromatic amines is 1. The second-order valence-corrected chi connectivity index (χ2v) is 4.52. The number of nitrogens with one attached hydrogen (secondary N) is 2. The van der Waals surface area contributed by atoms with Crippen LogP contribution in [0.2, 0.25) is 0 Å². The van der Waals surface area contributed by atoms with Crippen LogP contribution in [-0.4, -0.2) is 17.4 Å². The zero-order chi connectivity index (χ0) is 14.5. The van der Waals surface area contributed by atoms with Crippen LogP contribution in [-0.2, 0) is 6.42 Å². The zero-order valence-electron chi connectivity index (χ0n) is 11.1. The van der Waals surface area contributed by atoms with Crippen LogP contribution in [0.3, 0.4) is 0 Å². The predicted octanol–water partition coefficient (Wildman–Crippen LogP) is 1.79. The number of aryl methyl sites for hydroxylation is 1. The Bertz CT molecular complexity index is 662. The number of carbonyl (C=O) groups is 1. The van der Waals surface area contributed by atoms with E-state index in [0.717, 1.165) is 5.56 Å². The van der Waals surface area contributed by atoms with E-state index in [1.165, 1.54) is 18.2 Å². The van der Waals surface area contributed by atoms with Gasteiger partial charge in [0.1, 0.15) is 11.4 Å². The highest BCUT2D eigenvalue weighted by Gasteiger charge is 2.09. The van der Waals surface area contributed by atoms with Gasteiger partial charge in [-0.2, -0.15) is 0 Å². The summed E-state index contributed by atoms with van der Waals surface area (Å²) in [5, 5.41) is 2.67. The lowest BCUT2D eigenvalue weighted by Gasteiger charge is -2.05. The van der Waals surface area contributed by atoms with E-state index in [1.54, 1.807) is 25.1 Å². The van der Waals surface area contributed by atoms with Crippen molar-refractivity contribution in [2.24, 2.45) is 0 Å². The van der Waals surface area contributed by atoms with Crippen molar-refractivity contribution in [3.05, 3.63) is 69.4 Å². The van der Waals surface area contributed by atoms with Crippen LogP contribution in [0, 0.1) is 12.7 Å².